The summed E-state index contributed by atoms with van der Waals surface area (Å²) in [5, 5.41) is 3.30. The van der Waals surface area contributed by atoms with Gasteiger partial charge in [-0.25, -0.2) is 19.9 Å². The highest BCUT2D eigenvalue weighted by Crippen LogP contribution is 2.23. The highest BCUT2D eigenvalue weighted by Gasteiger charge is 2.13. The van der Waals surface area contributed by atoms with E-state index in [-0.39, 0.29) is 0 Å². The number of imidazole rings is 2. The van der Waals surface area contributed by atoms with E-state index in [9.17, 15) is 4.79 Å². The number of anilines is 1. The van der Waals surface area contributed by atoms with Crippen molar-refractivity contribution in [3.63, 3.8) is 0 Å². The fourth-order valence-electron chi connectivity index (χ4n) is 3.13. The average Bonchev–Trinajstić information content (AvgIpc) is 3.38. The molecular weight excluding hydrogens is 368 g/mol. The number of benzene rings is 2. The first-order chi connectivity index (χ1) is 14.2. The van der Waals surface area contributed by atoms with E-state index in [0.29, 0.717) is 34.9 Å². The van der Waals surface area contributed by atoms with Gasteiger partial charge in [-0.1, -0.05) is 24.3 Å². The molecule has 142 valence electrons. The van der Waals surface area contributed by atoms with Gasteiger partial charge in [0.25, 0.3) is 0 Å². The Bertz CT molecular complexity index is 1300. The summed E-state index contributed by atoms with van der Waals surface area (Å²) in [6.45, 7) is 0.458. The van der Waals surface area contributed by atoms with Crippen LogP contribution in [0.5, 0.6) is 0 Å². The van der Waals surface area contributed by atoms with Crippen molar-refractivity contribution >= 4 is 33.9 Å². The molecule has 0 fully saturated rings. The number of nitrogens with one attached hydrogen (secondary N) is 3. The lowest BCUT2D eigenvalue weighted by molar-refractivity contribution is 0.100. The Kier molecular flexibility index (Phi) is 3.91. The maximum atomic E-state index is 11.3. The average molecular weight is 384 g/mol. The SMILES string of the molecule is NC(=O)c1ccc(-c2nc(NCc3nc4ccccc4[nH]3)c3[nH]cnc3n2)cc1. The molecule has 3 aromatic heterocycles. The summed E-state index contributed by atoms with van der Waals surface area (Å²) in [6.07, 6.45) is 1.58. The van der Waals surface area contributed by atoms with Gasteiger partial charge in [-0.15, -0.1) is 0 Å². The maximum Gasteiger partial charge on any atom is 0.248 e. The lowest BCUT2D eigenvalue weighted by Crippen LogP contribution is -2.10. The van der Waals surface area contributed by atoms with Crippen molar-refractivity contribution in [3.8, 4) is 11.4 Å². The standard InChI is InChI=1S/C20H16N8O/c21-17(29)11-5-7-12(8-6-11)18-27-19(16-20(28-18)24-10-23-16)22-9-15-25-13-3-1-2-4-14(13)26-15/h1-8,10H,9H2,(H2,21,29)(H,25,26)(H2,22,23,24,27,28). The second-order valence-electron chi connectivity index (χ2n) is 6.49. The van der Waals surface area contributed by atoms with Crippen LogP contribution < -0.4 is 11.1 Å². The number of H-pyrrole nitrogens is 2. The number of nitrogens with two attached hydrogens (primary N) is 1. The molecule has 29 heavy (non-hydrogen) atoms. The first-order valence-corrected chi connectivity index (χ1v) is 8.96. The van der Waals surface area contributed by atoms with Gasteiger partial charge in [0.2, 0.25) is 5.91 Å². The number of para-hydroxylation sites is 2. The van der Waals surface area contributed by atoms with Crippen molar-refractivity contribution < 1.29 is 4.79 Å². The lowest BCUT2D eigenvalue weighted by atomic mass is 10.1. The number of carbonyl (C=O) groups is 1. The monoisotopic (exact) mass is 384 g/mol. The van der Waals surface area contributed by atoms with Crippen LogP contribution in [0.25, 0.3) is 33.6 Å². The quantitative estimate of drug-likeness (QED) is 0.367. The van der Waals surface area contributed by atoms with Gasteiger partial charge in [0.05, 0.1) is 23.9 Å². The second-order valence-corrected chi connectivity index (χ2v) is 6.49. The number of aromatic amines is 2. The predicted octanol–water partition coefficient (Wildman–Crippen LogP) is 2.61. The van der Waals surface area contributed by atoms with Gasteiger partial charge in [0, 0.05) is 11.1 Å². The molecule has 0 saturated carbocycles. The molecule has 0 atom stereocenters. The Morgan fingerprint density at radius 3 is 2.66 bits per heavy atom. The highest BCUT2D eigenvalue weighted by atomic mass is 16.1. The molecule has 0 bridgehead atoms. The van der Waals surface area contributed by atoms with Crippen LogP contribution in [0, 0.1) is 0 Å². The molecule has 0 saturated heterocycles. The molecule has 1 amide bonds. The fourth-order valence-corrected chi connectivity index (χ4v) is 3.13. The third-order valence-corrected chi connectivity index (χ3v) is 4.57. The van der Waals surface area contributed by atoms with Crippen molar-refractivity contribution in [1.82, 2.24) is 29.9 Å². The number of nitrogens with zero attached hydrogens (tertiary/aromatic N) is 4. The minimum Gasteiger partial charge on any atom is -0.366 e. The molecule has 5 N–H and O–H groups in total. The molecule has 0 aliphatic heterocycles. The Morgan fingerprint density at radius 1 is 1.03 bits per heavy atom. The molecule has 0 spiro atoms. The van der Waals surface area contributed by atoms with Crippen LogP contribution >= 0.6 is 0 Å². The van der Waals surface area contributed by atoms with Gasteiger partial charge in [0.15, 0.2) is 17.3 Å². The Labute approximate surface area is 164 Å². The summed E-state index contributed by atoms with van der Waals surface area (Å²) in [6, 6.07) is 14.7. The normalized spacial score (nSPS) is 11.2. The Hall–Kier alpha value is -4.27. The fraction of sp³-hybridized carbons (Fsp3) is 0.0500. The van der Waals surface area contributed by atoms with Gasteiger partial charge in [-0.05, 0) is 24.3 Å². The summed E-state index contributed by atoms with van der Waals surface area (Å²) < 4.78 is 0. The van der Waals surface area contributed by atoms with Crippen molar-refractivity contribution in [3.05, 3.63) is 66.2 Å². The minimum absolute atomic E-state index is 0.429. The third-order valence-electron chi connectivity index (χ3n) is 4.57. The zero-order valence-electron chi connectivity index (χ0n) is 15.2. The molecule has 0 unspecified atom stereocenters. The molecule has 9 nitrogen and oxygen atoms in total. The van der Waals surface area contributed by atoms with E-state index in [1.54, 1.807) is 30.6 Å². The minimum atomic E-state index is -0.478. The van der Waals surface area contributed by atoms with Crippen LogP contribution in [0.3, 0.4) is 0 Å². The van der Waals surface area contributed by atoms with E-state index in [0.717, 1.165) is 22.4 Å². The number of carbonyl (C=O) groups excluding carboxylic acids is 1. The number of hydrogen-bond acceptors (Lipinski definition) is 6. The van der Waals surface area contributed by atoms with Gasteiger partial charge in [0.1, 0.15) is 11.3 Å². The first kappa shape index (κ1) is 16.9. The van der Waals surface area contributed by atoms with Crippen LogP contribution in [0.2, 0.25) is 0 Å². The first-order valence-electron chi connectivity index (χ1n) is 8.96. The summed E-state index contributed by atoms with van der Waals surface area (Å²) in [7, 11) is 0. The summed E-state index contributed by atoms with van der Waals surface area (Å²) >= 11 is 0. The number of hydrogen-bond donors (Lipinski definition) is 4. The van der Waals surface area contributed by atoms with E-state index in [4.69, 9.17) is 5.73 Å². The Morgan fingerprint density at radius 2 is 1.86 bits per heavy atom. The summed E-state index contributed by atoms with van der Waals surface area (Å²) in [4.78, 5) is 35.6. The van der Waals surface area contributed by atoms with Crippen molar-refractivity contribution in [2.45, 2.75) is 6.54 Å². The van der Waals surface area contributed by atoms with Crippen LogP contribution in [-0.2, 0) is 6.54 Å². The van der Waals surface area contributed by atoms with Crippen LogP contribution in [0.15, 0.2) is 54.9 Å². The topological polar surface area (TPSA) is 138 Å². The van der Waals surface area contributed by atoms with E-state index >= 15 is 0 Å². The van der Waals surface area contributed by atoms with Gasteiger partial charge >= 0.3 is 0 Å². The van der Waals surface area contributed by atoms with Crippen LogP contribution in [-0.4, -0.2) is 35.8 Å². The van der Waals surface area contributed by atoms with E-state index in [2.05, 4.69) is 35.2 Å². The molecular formula is C20H16N8O. The third kappa shape index (κ3) is 3.14. The van der Waals surface area contributed by atoms with Crippen molar-refractivity contribution in [2.24, 2.45) is 5.73 Å². The molecule has 3 heterocycles. The molecule has 0 aliphatic carbocycles. The van der Waals surface area contributed by atoms with Gasteiger partial charge in [-0.3, -0.25) is 4.79 Å². The van der Waals surface area contributed by atoms with E-state index in [1.165, 1.54) is 0 Å². The second kappa shape index (κ2) is 6.71. The largest absolute Gasteiger partial charge is 0.366 e. The van der Waals surface area contributed by atoms with Crippen LogP contribution in [0.4, 0.5) is 5.82 Å². The molecule has 2 aromatic carbocycles. The van der Waals surface area contributed by atoms with Gasteiger partial charge < -0.3 is 21.0 Å². The van der Waals surface area contributed by atoms with Crippen LogP contribution in [0.1, 0.15) is 16.2 Å². The predicted molar refractivity (Wildman–Crippen MR) is 109 cm³/mol. The molecule has 5 aromatic rings. The molecule has 0 aliphatic rings. The van der Waals surface area contributed by atoms with E-state index < -0.39 is 5.91 Å². The van der Waals surface area contributed by atoms with Crippen molar-refractivity contribution in [1.29, 1.82) is 0 Å². The Balaban J connectivity index is 1.48. The lowest BCUT2D eigenvalue weighted by Gasteiger charge is -2.08. The summed E-state index contributed by atoms with van der Waals surface area (Å²) in [5.41, 5.74) is 9.63. The van der Waals surface area contributed by atoms with E-state index in [1.807, 2.05) is 24.3 Å². The number of aromatic nitrogens is 6. The smallest absolute Gasteiger partial charge is 0.248 e. The zero-order chi connectivity index (χ0) is 19.8. The highest BCUT2D eigenvalue weighted by molar-refractivity contribution is 5.93. The van der Waals surface area contributed by atoms with Crippen molar-refractivity contribution in [2.75, 3.05) is 5.32 Å². The molecule has 9 heteroatoms. The molecule has 5 rings (SSSR count). The number of rotatable bonds is 5. The number of primary amides is 1. The number of fused-ring (bicyclic) bond motifs is 2. The van der Waals surface area contributed by atoms with Gasteiger partial charge in [-0.2, -0.15) is 0 Å². The number of amides is 1. The summed E-state index contributed by atoms with van der Waals surface area (Å²) in [5.74, 6) is 1.42. The zero-order valence-corrected chi connectivity index (χ0v) is 15.2. The molecule has 0 radical (unpaired) electrons. The maximum absolute atomic E-state index is 11.3.